The second-order valence-electron chi connectivity index (χ2n) is 6.57. The van der Waals surface area contributed by atoms with E-state index >= 15 is 0 Å². The molecule has 1 saturated heterocycles. The Labute approximate surface area is 145 Å². The Morgan fingerprint density at radius 2 is 1.72 bits per heavy atom. The summed E-state index contributed by atoms with van der Waals surface area (Å²) >= 11 is 0. The van der Waals surface area contributed by atoms with Gasteiger partial charge in [0.15, 0.2) is 0 Å². The quantitative estimate of drug-likeness (QED) is 0.674. The maximum Gasteiger partial charge on any atom is 0.343 e. The Hall–Kier alpha value is -2.46. The van der Waals surface area contributed by atoms with E-state index in [-0.39, 0.29) is 17.4 Å². The molecule has 0 N–H and O–H groups in total. The summed E-state index contributed by atoms with van der Waals surface area (Å²) in [6.07, 6.45) is 1.63. The van der Waals surface area contributed by atoms with Crippen molar-refractivity contribution < 1.29 is 13.5 Å². The van der Waals surface area contributed by atoms with Crippen molar-refractivity contribution >= 4 is 10.8 Å². The molecule has 25 heavy (non-hydrogen) atoms. The molecular weight excluding hydrogens is 319 g/mol. The lowest BCUT2D eigenvalue weighted by atomic mass is 9.88. The second kappa shape index (κ2) is 6.45. The lowest BCUT2D eigenvalue weighted by Gasteiger charge is -2.24. The fraction of sp³-hybridized carbons (Fsp3) is 0.286. The minimum atomic E-state index is -0.314. The van der Waals surface area contributed by atoms with Gasteiger partial charge >= 0.3 is 5.63 Å². The van der Waals surface area contributed by atoms with Crippen LogP contribution in [0.1, 0.15) is 30.1 Å². The fourth-order valence-corrected chi connectivity index (χ4v) is 3.55. The molecule has 0 spiro atoms. The first kappa shape index (κ1) is 16.0. The summed E-state index contributed by atoms with van der Waals surface area (Å²) in [5.41, 5.74) is 2.44. The molecule has 0 amide bonds. The van der Waals surface area contributed by atoms with Gasteiger partial charge in [-0.05, 0) is 43.5 Å². The second-order valence-corrected chi connectivity index (χ2v) is 6.57. The molecule has 1 aliphatic rings. The number of hydrogen-bond acceptors (Lipinski definition) is 3. The van der Waals surface area contributed by atoms with Gasteiger partial charge in [-0.25, -0.2) is 9.18 Å². The van der Waals surface area contributed by atoms with Crippen LogP contribution in [0, 0.1) is 12.7 Å². The van der Waals surface area contributed by atoms with Crippen molar-refractivity contribution in [3.63, 3.8) is 0 Å². The topological polar surface area (TPSA) is 39.4 Å². The zero-order valence-corrected chi connectivity index (χ0v) is 14.0. The predicted molar refractivity (Wildman–Crippen MR) is 95.4 cm³/mol. The SMILES string of the molecule is Cc1ccc2c(-c3ccc(F)cc3)c(C3CCOCC3)oc(=O)c2c1. The van der Waals surface area contributed by atoms with Crippen LogP contribution in [0.5, 0.6) is 0 Å². The van der Waals surface area contributed by atoms with Crippen molar-refractivity contribution in [1.82, 2.24) is 0 Å². The lowest BCUT2D eigenvalue weighted by Crippen LogP contribution is -2.17. The number of hydrogen-bond donors (Lipinski definition) is 0. The summed E-state index contributed by atoms with van der Waals surface area (Å²) in [4.78, 5) is 12.6. The van der Waals surface area contributed by atoms with Gasteiger partial charge in [-0.15, -0.1) is 0 Å². The predicted octanol–water partition coefficient (Wildman–Crippen LogP) is 4.80. The van der Waals surface area contributed by atoms with Crippen LogP contribution in [-0.4, -0.2) is 13.2 Å². The molecular formula is C21H19FO3. The van der Waals surface area contributed by atoms with Crippen LogP contribution < -0.4 is 5.63 Å². The van der Waals surface area contributed by atoms with Gasteiger partial charge in [0.25, 0.3) is 0 Å². The van der Waals surface area contributed by atoms with E-state index < -0.39 is 0 Å². The van der Waals surface area contributed by atoms with E-state index in [4.69, 9.17) is 9.15 Å². The Kier molecular flexibility index (Phi) is 4.14. The molecule has 0 bridgehead atoms. The zero-order chi connectivity index (χ0) is 17.4. The first-order valence-electron chi connectivity index (χ1n) is 8.54. The number of fused-ring (bicyclic) bond motifs is 1. The molecule has 1 aromatic heterocycles. The van der Waals surface area contributed by atoms with Crippen LogP contribution >= 0.6 is 0 Å². The summed E-state index contributed by atoms with van der Waals surface area (Å²) < 4.78 is 24.6. The normalized spacial score (nSPS) is 15.6. The summed E-state index contributed by atoms with van der Waals surface area (Å²) in [5, 5.41) is 1.42. The molecule has 0 unspecified atom stereocenters. The van der Waals surface area contributed by atoms with Gasteiger partial charge in [-0.3, -0.25) is 0 Å². The summed E-state index contributed by atoms with van der Waals surface area (Å²) in [6.45, 7) is 3.26. The maximum atomic E-state index is 13.4. The monoisotopic (exact) mass is 338 g/mol. The van der Waals surface area contributed by atoms with Crippen molar-refractivity contribution in [2.75, 3.05) is 13.2 Å². The molecule has 2 heterocycles. The highest BCUT2D eigenvalue weighted by atomic mass is 19.1. The third-order valence-electron chi connectivity index (χ3n) is 4.84. The first-order valence-corrected chi connectivity index (χ1v) is 8.54. The zero-order valence-electron chi connectivity index (χ0n) is 14.0. The average Bonchev–Trinajstić information content (AvgIpc) is 2.64. The maximum absolute atomic E-state index is 13.4. The molecule has 0 saturated carbocycles. The van der Waals surface area contributed by atoms with Crippen LogP contribution in [0.2, 0.25) is 0 Å². The van der Waals surface area contributed by atoms with Crippen LogP contribution in [0.3, 0.4) is 0 Å². The van der Waals surface area contributed by atoms with Crippen molar-refractivity contribution in [2.45, 2.75) is 25.7 Å². The van der Waals surface area contributed by atoms with E-state index in [0.29, 0.717) is 24.4 Å². The molecule has 4 heteroatoms. The molecule has 1 aliphatic heterocycles. The largest absolute Gasteiger partial charge is 0.426 e. The van der Waals surface area contributed by atoms with Crippen LogP contribution in [-0.2, 0) is 4.74 Å². The Morgan fingerprint density at radius 3 is 2.44 bits per heavy atom. The average molecular weight is 338 g/mol. The van der Waals surface area contributed by atoms with Crippen LogP contribution in [0.25, 0.3) is 21.9 Å². The molecule has 3 aromatic rings. The van der Waals surface area contributed by atoms with Crippen molar-refractivity contribution in [3.05, 3.63) is 70.0 Å². The molecule has 128 valence electrons. The van der Waals surface area contributed by atoms with Gasteiger partial charge in [0.2, 0.25) is 0 Å². The Bertz CT molecular complexity index is 967. The smallest absolute Gasteiger partial charge is 0.343 e. The molecule has 0 aliphatic carbocycles. The van der Waals surface area contributed by atoms with E-state index in [9.17, 15) is 9.18 Å². The molecule has 4 rings (SSSR count). The summed E-state index contributed by atoms with van der Waals surface area (Å²) in [6, 6.07) is 12.2. The minimum Gasteiger partial charge on any atom is -0.426 e. The summed E-state index contributed by atoms with van der Waals surface area (Å²) in [5.74, 6) is 0.539. The van der Waals surface area contributed by atoms with Crippen molar-refractivity contribution in [2.24, 2.45) is 0 Å². The standard InChI is InChI=1S/C21H19FO3/c1-13-2-7-17-18(12-13)21(23)25-20(15-8-10-24-11-9-15)19(17)14-3-5-16(22)6-4-14/h2-7,12,15H,8-11H2,1H3. The van der Waals surface area contributed by atoms with E-state index in [1.807, 2.05) is 25.1 Å². The highest BCUT2D eigenvalue weighted by Crippen LogP contribution is 2.38. The summed E-state index contributed by atoms with van der Waals surface area (Å²) in [7, 11) is 0. The lowest BCUT2D eigenvalue weighted by molar-refractivity contribution is 0.0802. The fourth-order valence-electron chi connectivity index (χ4n) is 3.55. The van der Waals surface area contributed by atoms with Crippen molar-refractivity contribution in [3.8, 4) is 11.1 Å². The van der Waals surface area contributed by atoms with Crippen molar-refractivity contribution in [1.29, 1.82) is 0 Å². The molecule has 0 atom stereocenters. The van der Waals surface area contributed by atoms with Gasteiger partial charge in [-0.2, -0.15) is 0 Å². The van der Waals surface area contributed by atoms with E-state index in [1.54, 1.807) is 12.1 Å². The Morgan fingerprint density at radius 1 is 1.00 bits per heavy atom. The number of benzene rings is 2. The molecule has 2 aromatic carbocycles. The number of aryl methyl sites for hydroxylation is 1. The number of halogens is 1. The minimum absolute atomic E-state index is 0.132. The van der Waals surface area contributed by atoms with E-state index in [2.05, 4.69) is 0 Å². The molecule has 3 nitrogen and oxygen atoms in total. The van der Waals surface area contributed by atoms with E-state index in [0.717, 1.165) is 34.9 Å². The van der Waals surface area contributed by atoms with E-state index in [1.165, 1.54) is 12.1 Å². The number of ether oxygens (including phenoxy) is 1. The highest BCUT2D eigenvalue weighted by Gasteiger charge is 2.25. The Balaban J connectivity index is 2.02. The third-order valence-corrected chi connectivity index (χ3v) is 4.84. The number of rotatable bonds is 2. The molecule has 1 fully saturated rings. The first-order chi connectivity index (χ1) is 12.1. The third kappa shape index (κ3) is 2.98. The van der Waals surface area contributed by atoms with Gasteiger partial charge in [0.05, 0.1) is 5.39 Å². The van der Waals surface area contributed by atoms with Gasteiger partial charge in [0, 0.05) is 30.1 Å². The highest BCUT2D eigenvalue weighted by molar-refractivity contribution is 5.97. The van der Waals surface area contributed by atoms with Gasteiger partial charge < -0.3 is 9.15 Å². The van der Waals surface area contributed by atoms with Crippen LogP contribution in [0.4, 0.5) is 4.39 Å². The van der Waals surface area contributed by atoms with Crippen LogP contribution in [0.15, 0.2) is 51.7 Å². The molecule has 0 radical (unpaired) electrons. The van der Waals surface area contributed by atoms with Gasteiger partial charge in [-0.1, -0.05) is 29.8 Å². The van der Waals surface area contributed by atoms with Gasteiger partial charge in [0.1, 0.15) is 11.6 Å².